The summed E-state index contributed by atoms with van der Waals surface area (Å²) < 4.78 is 5.28. The molecule has 1 aromatic heterocycles. The predicted molar refractivity (Wildman–Crippen MR) is 78.8 cm³/mol. The summed E-state index contributed by atoms with van der Waals surface area (Å²) in [4.78, 5) is 27.7. The topological polar surface area (TPSA) is 85.6 Å². The molecule has 0 unspecified atom stereocenters. The van der Waals surface area contributed by atoms with Crippen molar-refractivity contribution in [3.63, 3.8) is 0 Å². The van der Waals surface area contributed by atoms with E-state index in [9.17, 15) is 14.9 Å². The molecule has 1 aromatic carbocycles. The van der Waals surface area contributed by atoms with Crippen molar-refractivity contribution in [2.75, 3.05) is 11.5 Å². The molecule has 1 aliphatic heterocycles. The van der Waals surface area contributed by atoms with Crippen LogP contribution in [0.3, 0.4) is 0 Å². The maximum Gasteiger partial charge on any atom is 0.366 e. The Morgan fingerprint density at radius 3 is 2.68 bits per heavy atom. The van der Waals surface area contributed by atoms with Gasteiger partial charge in [0.05, 0.1) is 6.54 Å². The molecule has 0 radical (unpaired) electrons. The van der Waals surface area contributed by atoms with Crippen molar-refractivity contribution in [3.05, 3.63) is 57.6 Å². The fraction of sp³-hybridized carbons (Fsp3) is 0.200. The van der Waals surface area contributed by atoms with Crippen molar-refractivity contribution < 1.29 is 14.5 Å². The van der Waals surface area contributed by atoms with Crippen LogP contribution < -0.4 is 9.64 Å². The Bertz CT molecular complexity index is 743. The van der Waals surface area contributed by atoms with Gasteiger partial charge in [-0.1, -0.05) is 29.8 Å². The van der Waals surface area contributed by atoms with E-state index >= 15 is 0 Å². The molecule has 1 aliphatic rings. The Kier molecular flexibility index (Phi) is 3.46. The first kappa shape index (κ1) is 14.0. The molecule has 0 fully saturated rings. The Morgan fingerprint density at radius 1 is 1.27 bits per heavy atom. The molecule has 0 atom stereocenters. The van der Waals surface area contributed by atoms with Gasteiger partial charge in [-0.2, -0.15) is 0 Å². The summed E-state index contributed by atoms with van der Waals surface area (Å²) in [6, 6.07) is 10.4. The maximum atomic E-state index is 12.1. The summed E-state index contributed by atoms with van der Waals surface area (Å²) in [5.41, 5.74) is 2.03. The Morgan fingerprint density at radius 2 is 2.00 bits per heavy atom. The smallest absolute Gasteiger partial charge is 0.366 e. The number of amides is 1. The van der Waals surface area contributed by atoms with Crippen LogP contribution in [0.25, 0.3) is 0 Å². The lowest BCUT2D eigenvalue weighted by atomic mass is 10.1. The number of anilines is 1. The molecule has 1 amide bonds. The first-order valence-electron chi connectivity index (χ1n) is 6.69. The number of nitro groups is 1. The fourth-order valence-electron chi connectivity index (χ4n) is 2.21. The molecule has 0 saturated carbocycles. The van der Waals surface area contributed by atoms with Crippen LogP contribution in [0, 0.1) is 17.0 Å². The number of ether oxygens (including phenoxy) is 1. The summed E-state index contributed by atoms with van der Waals surface area (Å²) in [7, 11) is 0. The van der Waals surface area contributed by atoms with Gasteiger partial charge in [-0.25, -0.2) is 0 Å². The molecule has 0 saturated heterocycles. The molecular weight excluding hydrogens is 286 g/mol. The second kappa shape index (κ2) is 5.44. The second-order valence-electron chi connectivity index (χ2n) is 5.00. The molecule has 22 heavy (non-hydrogen) atoms. The third-order valence-corrected chi connectivity index (χ3v) is 3.38. The average Bonchev–Trinajstić information content (AvgIpc) is 2.51. The summed E-state index contributed by atoms with van der Waals surface area (Å²) in [6.07, 6.45) is 0. The van der Waals surface area contributed by atoms with Crippen LogP contribution in [0.1, 0.15) is 11.1 Å². The first-order valence-corrected chi connectivity index (χ1v) is 6.69. The number of aryl methyl sites for hydroxylation is 1. The van der Waals surface area contributed by atoms with E-state index < -0.39 is 4.92 Å². The van der Waals surface area contributed by atoms with Crippen molar-refractivity contribution in [1.82, 2.24) is 4.98 Å². The van der Waals surface area contributed by atoms with Crippen molar-refractivity contribution in [2.45, 2.75) is 13.5 Å². The van der Waals surface area contributed by atoms with Gasteiger partial charge in [0.1, 0.15) is 0 Å². The van der Waals surface area contributed by atoms with E-state index in [0.29, 0.717) is 12.3 Å². The number of hydrogen-bond acceptors (Lipinski definition) is 5. The van der Waals surface area contributed by atoms with Crippen LogP contribution in [-0.2, 0) is 11.3 Å². The van der Waals surface area contributed by atoms with Crippen molar-refractivity contribution in [1.29, 1.82) is 0 Å². The number of hydrogen-bond donors (Lipinski definition) is 0. The minimum Gasteiger partial charge on any atom is -0.477 e. The van der Waals surface area contributed by atoms with Gasteiger partial charge in [0.15, 0.2) is 12.4 Å². The van der Waals surface area contributed by atoms with Gasteiger partial charge in [-0.05, 0) is 28.5 Å². The van der Waals surface area contributed by atoms with Gasteiger partial charge in [0, 0.05) is 6.07 Å². The zero-order chi connectivity index (χ0) is 15.7. The van der Waals surface area contributed by atoms with Gasteiger partial charge in [-0.15, -0.1) is 0 Å². The molecule has 2 aromatic rings. The van der Waals surface area contributed by atoms with Crippen molar-refractivity contribution in [3.8, 4) is 5.75 Å². The summed E-state index contributed by atoms with van der Waals surface area (Å²) in [5, 5.41) is 10.9. The zero-order valence-corrected chi connectivity index (χ0v) is 11.9. The highest BCUT2D eigenvalue weighted by atomic mass is 16.6. The van der Waals surface area contributed by atoms with Gasteiger partial charge in [0.2, 0.25) is 0 Å². The van der Waals surface area contributed by atoms with E-state index in [4.69, 9.17) is 4.74 Å². The molecule has 0 spiro atoms. The maximum absolute atomic E-state index is 12.1. The number of pyridine rings is 1. The van der Waals surface area contributed by atoms with E-state index in [2.05, 4.69) is 4.98 Å². The fourth-order valence-corrected chi connectivity index (χ4v) is 2.21. The Hall–Kier alpha value is -2.96. The minimum absolute atomic E-state index is 0.0989. The molecular formula is C15H13N3O4. The predicted octanol–water partition coefficient (Wildman–Crippen LogP) is 2.22. The SMILES string of the molecule is Cc1ccc(CN2C(=O)COc3ccc([N+](=O)[O-])nc32)cc1. The summed E-state index contributed by atoms with van der Waals surface area (Å²) in [5.74, 6) is -0.0321. The molecule has 0 aliphatic carbocycles. The third kappa shape index (κ3) is 2.60. The van der Waals surface area contributed by atoms with E-state index in [-0.39, 0.29) is 24.1 Å². The first-order chi connectivity index (χ1) is 10.5. The Labute approximate surface area is 126 Å². The van der Waals surface area contributed by atoms with Gasteiger partial charge in [0.25, 0.3) is 11.7 Å². The van der Waals surface area contributed by atoms with Crippen molar-refractivity contribution in [2.24, 2.45) is 0 Å². The van der Waals surface area contributed by atoms with Crippen LogP contribution in [0.2, 0.25) is 0 Å². The number of benzene rings is 1. The molecule has 0 N–H and O–H groups in total. The van der Waals surface area contributed by atoms with E-state index in [1.165, 1.54) is 17.0 Å². The molecule has 7 nitrogen and oxygen atoms in total. The van der Waals surface area contributed by atoms with Crippen LogP contribution in [-0.4, -0.2) is 22.4 Å². The largest absolute Gasteiger partial charge is 0.477 e. The highest BCUT2D eigenvalue weighted by Crippen LogP contribution is 2.32. The Balaban J connectivity index is 1.97. The van der Waals surface area contributed by atoms with Gasteiger partial charge < -0.3 is 14.9 Å². The normalized spacial score (nSPS) is 13.5. The number of fused-ring (bicyclic) bond motifs is 1. The summed E-state index contributed by atoms with van der Waals surface area (Å²) >= 11 is 0. The highest BCUT2D eigenvalue weighted by Gasteiger charge is 2.32. The number of aromatic nitrogens is 1. The minimum atomic E-state index is -0.594. The average molecular weight is 299 g/mol. The van der Waals surface area contributed by atoms with Gasteiger partial charge >= 0.3 is 5.82 Å². The standard InChI is InChI=1S/C15H13N3O4/c1-10-2-4-11(5-3-10)8-17-14(19)9-22-12-6-7-13(18(20)21)16-15(12)17/h2-7H,8-9H2,1H3. The van der Waals surface area contributed by atoms with E-state index in [1.54, 1.807) is 0 Å². The molecule has 0 bridgehead atoms. The molecule has 2 heterocycles. The number of nitrogens with zero attached hydrogens (tertiary/aromatic N) is 3. The quantitative estimate of drug-likeness (QED) is 0.640. The van der Waals surface area contributed by atoms with E-state index in [0.717, 1.165) is 11.1 Å². The molecule has 3 rings (SSSR count). The van der Waals surface area contributed by atoms with Crippen LogP contribution in [0.5, 0.6) is 5.75 Å². The van der Waals surface area contributed by atoms with Crippen molar-refractivity contribution >= 4 is 17.5 Å². The lowest BCUT2D eigenvalue weighted by Crippen LogP contribution is -2.39. The number of rotatable bonds is 3. The molecule has 7 heteroatoms. The highest BCUT2D eigenvalue weighted by molar-refractivity contribution is 5.96. The lowest BCUT2D eigenvalue weighted by molar-refractivity contribution is -0.389. The number of carbonyl (C=O) groups excluding carboxylic acids is 1. The monoisotopic (exact) mass is 299 g/mol. The van der Waals surface area contributed by atoms with Gasteiger partial charge in [-0.3, -0.25) is 9.69 Å². The van der Waals surface area contributed by atoms with Crippen LogP contribution in [0.4, 0.5) is 11.6 Å². The third-order valence-electron chi connectivity index (χ3n) is 3.38. The zero-order valence-electron chi connectivity index (χ0n) is 11.9. The molecule has 112 valence electrons. The second-order valence-corrected chi connectivity index (χ2v) is 5.00. The lowest BCUT2D eigenvalue weighted by Gasteiger charge is -2.25. The van der Waals surface area contributed by atoms with Crippen LogP contribution >= 0.6 is 0 Å². The summed E-state index contributed by atoms with van der Waals surface area (Å²) in [6.45, 7) is 2.17. The van der Waals surface area contributed by atoms with Crippen LogP contribution in [0.15, 0.2) is 36.4 Å². The number of carbonyl (C=O) groups is 1. The van der Waals surface area contributed by atoms with E-state index in [1.807, 2.05) is 31.2 Å².